The summed E-state index contributed by atoms with van der Waals surface area (Å²) in [5.74, 6) is -0.320. The Hall–Kier alpha value is -3.16. The molecule has 7 heteroatoms. The fourth-order valence-electron chi connectivity index (χ4n) is 3.37. The molecule has 1 saturated heterocycles. The Labute approximate surface area is 185 Å². The predicted octanol–water partition coefficient (Wildman–Crippen LogP) is 4.45. The summed E-state index contributed by atoms with van der Waals surface area (Å²) in [5.41, 5.74) is 1.48. The number of nitrogens with one attached hydrogen (secondary N) is 1. The van der Waals surface area contributed by atoms with Gasteiger partial charge in [-0.05, 0) is 35.0 Å². The number of methoxy groups -OCH3 is 1. The molecule has 158 valence electrons. The number of anilines is 1. The molecule has 1 atom stereocenters. The SMILES string of the molecule is COCCN1C(=O)[C@@H](CC(=O)Nc2ccc3ccccc3c2)SC1=Nc1ccccc1. The minimum absolute atomic E-state index is 0.0770. The first kappa shape index (κ1) is 21.1. The third-order valence-electron chi connectivity index (χ3n) is 4.92. The average molecular weight is 434 g/mol. The van der Waals surface area contributed by atoms with Gasteiger partial charge in [-0.3, -0.25) is 14.5 Å². The van der Waals surface area contributed by atoms with E-state index in [1.807, 2.05) is 72.8 Å². The van der Waals surface area contributed by atoms with Crippen molar-refractivity contribution in [2.75, 3.05) is 25.6 Å². The van der Waals surface area contributed by atoms with Crippen molar-refractivity contribution < 1.29 is 14.3 Å². The molecule has 0 radical (unpaired) electrons. The second-order valence-corrected chi connectivity index (χ2v) is 8.30. The number of fused-ring (bicyclic) bond motifs is 1. The maximum Gasteiger partial charge on any atom is 0.242 e. The lowest BCUT2D eigenvalue weighted by molar-refractivity contribution is -0.128. The van der Waals surface area contributed by atoms with Crippen molar-refractivity contribution in [3.63, 3.8) is 0 Å². The molecular formula is C24H23N3O3S. The summed E-state index contributed by atoms with van der Waals surface area (Å²) >= 11 is 1.32. The number of hydrogen-bond acceptors (Lipinski definition) is 5. The molecule has 0 aliphatic carbocycles. The standard InChI is InChI=1S/C24H23N3O3S/c1-30-14-13-27-23(29)21(31-24(27)26-19-9-3-2-4-10-19)16-22(28)25-20-12-11-17-7-5-6-8-18(17)15-20/h2-12,15,21H,13-14,16H2,1H3,(H,25,28)/t21-/m1/s1. The maximum atomic E-state index is 13.0. The second-order valence-electron chi connectivity index (χ2n) is 7.13. The number of amides is 2. The number of benzene rings is 3. The third kappa shape index (κ3) is 5.13. The molecule has 1 N–H and O–H groups in total. The molecule has 1 heterocycles. The van der Waals surface area contributed by atoms with Gasteiger partial charge in [0, 0.05) is 19.2 Å². The third-order valence-corrected chi connectivity index (χ3v) is 6.10. The molecule has 0 unspecified atom stereocenters. The number of hydrogen-bond donors (Lipinski definition) is 1. The van der Waals surface area contributed by atoms with Gasteiger partial charge in [-0.25, -0.2) is 4.99 Å². The Balaban J connectivity index is 1.47. The molecule has 0 spiro atoms. The number of carbonyl (C=O) groups is 2. The van der Waals surface area contributed by atoms with E-state index in [1.165, 1.54) is 11.8 Å². The molecule has 2 amide bonds. The van der Waals surface area contributed by atoms with Crippen molar-refractivity contribution in [3.8, 4) is 0 Å². The van der Waals surface area contributed by atoms with Gasteiger partial charge >= 0.3 is 0 Å². The maximum absolute atomic E-state index is 13.0. The fourth-order valence-corrected chi connectivity index (χ4v) is 4.56. The van der Waals surface area contributed by atoms with E-state index >= 15 is 0 Å². The predicted molar refractivity (Wildman–Crippen MR) is 126 cm³/mol. The van der Waals surface area contributed by atoms with E-state index in [4.69, 9.17) is 4.74 Å². The van der Waals surface area contributed by atoms with Gasteiger partial charge in [-0.2, -0.15) is 0 Å². The molecule has 31 heavy (non-hydrogen) atoms. The van der Waals surface area contributed by atoms with Crippen LogP contribution in [0.1, 0.15) is 6.42 Å². The Morgan fingerprint density at radius 2 is 1.81 bits per heavy atom. The lowest BCUT2D eigenvalue weighted by Gasteiger charge is -2.15. The van der Waals surface area contributed by atoms with E-state index in [1.54, 1.807) is 12.0 Å². The number of thioether (sulfide) groups is 1. The van der Waals surface area contributed by atoms with Crippen LogP contribution in [0.25, 0.3) is 10.8 Å². The van der Waals surface area contributed by atoms with Gasteiger partial charge in [0.05, 0.1) is 18.8 Å². The topological polar surface area (TPSA) is 71.0 Å². The van der Waals surface area contributed by atoms with Gasteiger partial charge < -0.3 is 10.1 Å². The highest BCUT2D eigenvalue weighted by atomic mass is 32.2. The Bertz CT molecular complexity index is 1120. The first-order valence-corrected chi connectivity index (χ1v) is 10.9. The molecule has 6 nitrogen and oxygen atoms in total. The summed E-state index contributed by atoms with van der Waals surface area (Å²) < 4.78 is 5.14. The van der Waals surface area contributed by atoms with E-state index in [0.717, 1.165) is 16.5 Å². The molecule has 0 bridgehead atoms. The zero-order valence-electron chi connectivity index (χ0n) is 17.2. The number of aliphatic imine (C=N–C) groups is 1. The van der Waals surface area contributed by atoms with Crippen molar-refractivity contribution in [2.24, 2.45) is 4.99 Å². The van der Waals surface area contributed by atoms with E-state index in [0.29, 0.717) is 24.0 Å². The molecule has 1 aliphatic heterocycles. The fraction of sp³-hybridized carbons (Fsp3) is 0.208. The van der Waals surface area contributed by atoms with Crippen molar-refractivity contribution >= 4 is 50.9 Å². The Morgan fingerprint density at radius 1 is 1.06 bits per heavy atom. The summed E-state index contributed by atoms with van der Waals surface area (Å²) in [6.45, 7) is 0.799. The number of amidine groups is 1. The average Bonchev–Trinajstić information content (AvgIpc) is 3.06. The van der Waals surface area contributed by atoms with Crippen molar-refractivity contribution in [1.82, 2.24) is 4.90 Å². The van der Waals surface area contributed by atoms with Crippen LogP contribution in [-0.2, 0) is 14.3 Å². The number of nitrogens with zero attached hydrogens (tertiary/aromatic N) is 2. The van der Waals surface area contributed by atoms with E-state index < -0.39 is 5.25 Å². The number of ether oxygens (including phenoxy) is 1. The molecule has 1 aliphatic rings. The number of rotatable bonds is 7. The van der Waals surface area contributed by atoms with Crippen LogP contribution in [0, 0.1) is 0 Å². The largest absolute Gasteiger partial charge is 0.383 e. The second kappa shape index (κ2) is 9.76. The van der Waals surface area contributed by atoms with Crippen molar-refractivity contribution in [3.05, 3.63) is 72.8 Å². The summed E-state index contributed by atoms with van der Waals surface area (Å²) in [4.78, 5) is 31.9. The minimum atomic E-state index is -0.514. The van der Waals surface area contributed by atoms with Gasteiger partial charge in [0.1, 0.15) is 5.25 Å². The first-order chi connectivity index (χ1) is 15.1. The van der Waals surface area contributed by atoms with Gasteiger partial charge in [-0.1, -0.05) is 60.3 Å². The monoisotopic (exact) mass is 433 g/mol. The molecule has 0 saturated carbocycles. The summed E-state index contributed by atoms with van der Waals surface area (Å²) in [6.07, 6.45) is 0.0770. The zero-order valence-corrected chi connectivity index (χ0v) is 18.0. The number of carbonyl (C=O) groups excluding carboxylic acids is 2. The van der Waals surface area contributed by atoms with Gasteiger partial charge in [0.2, 0.25) is 11.8 Å². The Kier molecular flexibility index (Phi) is 6.64. The molecule has 3 aromatic carbocycles. The first-order valence-electron chi connectivity index (χ1n) is 10.0. The smallest absolute Gasteiger partial charge is 0.242 e. The molecular weight excluding hydrogens is 410 g/mol. The van der Waals surface area contributed by atoms with Crippen LogP contribution in [0.2, 0.25) is 0 Å². The summed E-state index contributed by atoms with van der Waals surface area (Å²) in [7, 11) is 1.59. The summed E-state index contributed by atoms with van der Waals surface area (Å²) in [6, 6.07) is 23.2. The van der Waals surface area contributed by atoms with Crippen LogP contribution < -0.4 is 5.32 Å². The highest BCUT2D eigenvalue weighted by Crippen LogP contribution is 2.32. The molecule has 0 aromatic heterocycles. The van der Waals surface area contributed by atoms with Crippen LogP contribution >= 0.6 is 11.8 Å². The quantitative estimate of drug-likeness (QED) is 0.598. The lowest BCUT2D eigenvalue weighted by Crippen LogP contribution is -2.35. The van der Waals surface area contributed by atoms with Gasteiger partial charge in [0.15, 0.2) is 5.17 Å². The zero-order chi connectivity index (χ0) is 21.6. The van der Waals surface area contributed by atoms with Crippen molar-refractivity contribution in [2.45, 2.75) is 11.7 Å². The summed E-state index contributed by atoms with van der Waals surface area (Å²) in [5, 5.41) is 5.16. The van der Waals surface area contributed by atoms with Crippen LogP contribution in [0.15, 0.2) is 77.8 Å². The number of para-hydroxylation sites is 1. The molecule has 1 fully saturated rings. The highest BCUT2D eigenvalue weighted by Gasteiger charge is 2.39. The van der Waals surface area contributed by atoms with Crippen LogP contribution in [0.3, 0.4) is 0 Å². The molecule has 3 aromatic rings. The van der Waals surface area contributed by atoms with Crippen LogP contribution in [-0.4, -0.2) is 47.4 Å². The van der Waals surface area contributed by atoms with Crippen LogP contribution in [0.4, 0.5) is 11.4 Å². The van der Waals surface area contributed by atoms with Gasteiger partial charge in [-0.15, -0.1) is 0 Å². The highest BCUT2D eigenvalue weighted by molar-refractivity contribution is 8.15. The lowest BCUT2D eigenvalue weighted by atomic mass is 10.1. The van der Waals surface area contributed by atoms with E-state index in [-0.39, 0.29) is 18.2 Å². The minimum Gasteiger partial charge on any atom is -0.383 e. The van der Waals surface area contributed by atoms with E-state index in [9.17, 15) is 9.59 Å². The Morgan fingerprint density at radius 3 is 2.58 bits per heavy atom. The van der Waals surface area contributed by atoms with Crippen molar-refractivity contribution in [1.29, 1.82) is 0 Å². The molecule has 4 rings (SSSR count). The van der Waals surface area contributed by atoms with Crippen LogP contribution in [0.5, 0.6) is 0 Å². The van der Waals surface area contributed by atoms with Gasteiger partial charge in [0.25, 0.3) is 0 Å². The normalized spacial score (nSPS) is 17.5. The van der Waals surface area contributed by atoms with E-state index in [2.05, 4.69) is 10.3 Å².